The Bertz CT molecular complexity index is 590. The standard InChI is InChI=1S/C19H28Cl2N2O3/c1-3-8-16(22-18(21)15(2)20)9-6-4-5-7-11-19(24-13-14-25-19)17-10-12-26-23-17/h10,12H,3-9,11,13-14H2,1-2H3/b18-15+,22-16+. The van der Waals surface area contributed by atoms with Crippen LogP contribution in [-0.4, -0.2) is 24.1 Å². The predicted molar refractivity (Wildman–Crippen MR) is 105 cm³/mol. The lowest BCUT2D eigenvalue weighted by molar-refractivity contribution is -0.175. The van der Waals surface area contributed by atoms with Crippen LogP contribution >= 0.6 is 23.2 Å². The Morgan fingerprint density at radius 2 is 1.88 bits per heavy atom. The van der Waals surface area contributed by atoms with E-state index in [1.807, 2.05) is 6.07 Å². The second-order valence-corrected chi connectivity index (χ2v) is 7.43. The minimum Gasteiger partial charge on any atom is -0.364 e. The van der Waals surface area contributed by atoms with Gasteiger partial charge in [-0.05, 0) is 32.6 Å². The Morgan fingerprint density at radius 3 is 2.50 bits per heavy atom. The van der Waals surface area contributed by atoms with Gasteiger partial charge in [0.25, 0.3) is 0 Å². The van der Waals surface area contributed by atoms with Crippen molar-refractivity contribution in [3.63, 3.8) is 0 Å². The zero-order chi connectivity index (χ0) is 18.8. The number of hydrogen-bond acceptors (Lipinski definition) is 5. The first-order valence-electron chi connectivity index (χ1n) is 9.34. The summed E-state index contributed by atoms with van der Waals surface area (Å²) in [6.07, 6.45) is 9.63. The molecule has 0 atom stereocenters. The molecule has 1 fully saturated rings. The highest BCUT2D eigenvalue weighted by molar-refractivity contribution is 6.39. The molecule has 0 N–H and O–H groups in total. The van der Waals surface area contributed by atoms with Gasteiger partial charge in [-0.2, -0.15) is 0 Å². The van der Waals surface area contributed by atoms with Gasteiger partial charge in [-0.3, -0.25) is 0 Å². The number of rotatable bonds is 11. The molecular formula is C19H28Cl2N2O3. The summed E-state index contributed by atoms with van der Waals surface area (Å²) in [7, 11) is 0. The van der Waals surface area contributed by atoms with E-state index < -0.39 is 5.79 Å². The third-order valence-corrected chi connectivity index (χ3v) is 5.03. The predicted octanol–water partition coefficient (Wildman–Crippen LogP) is 6.12. The summed E-state index contributed by atoms with van der Waals surface area (Å²) in [5.41, 5.74) is 1.85. The van der Waals surface area contributed by atoms with Gasteiger partial charge in [0.1, 0.15) is 17.1 Å². The van der Waals surface area contributed by atoms with Crippen molar-refractivity contribution in [1.29, 1.82) is 0 Å². The van der Waals surface area contributed by atoms with Crippen molar-refractivity contribution >= 4 is 28.9 Å². The maximum absolute atomic E-state index is 6.06. The Labute approximate surface area is 165 Å². The van der Waals surface area contributed by atoms with E-state index in [2.05, 4.69) is 17.1 Å². The van der Waals surface area contributed by atoms with Gasteiger partial charge in [-0.15, -0.1) is 0 Å². The lowest BCUT2D eigenvalue weighted by atomic mass is 10.0. The SMILES string of the molecule is CCC/C(CCCCCCC1(c2ccon2)OCCO1)=N\C(Cl)=C(/C)Cl. The van der Waals surface area contributed by atoms with E-state index in [0.717, 1.165) is 62.8 Å². The van der Waals surface area contributed by atoms with E-state index in [1.165, 1.54) is 0 Å². The Balaban J connectivity index is 1.73. The summed E-state index contributed by atoms with van der Waals surface area (Å²) in [6.45, 7) is 5.09. The van der Waals surface area contributed by atoms with Gasteiger partial charge in [0.05, 0.1) is 18.2 Å². The number of aliphatic imine (C=N–C) groups is 1. The highest BCUT2D eigenvalue weighted by Crippen LogP contribution is 2.35. The summed E-state index contributed by atoms with van der Waals surface area (Å²) in [6, 6.07) is 1.81. The third kappa shape index (κ3) is 6.38. The normalized spacial score (nSPS) is 18.2. The second-order valence-electron chi connectivity index (χ2n) is 6.50. The molecule has 0 bridgehead atoms. The molecule has 0 amide bonds. The van der Waals surface area contributed by atoms with Crippen molar-refractivity contribution in [2.75, 3.05) is 13.2 Å². The fourth-order valence-corrected chi connectivity index (χ4v) is 3.23. The van der Waals surface area contributed by atoms with E-state index in [0.29, 0.717) is 23.4 Å². The molecule has 0 radical (unpaired) electrons. The van der Waals surface area contributed by atoms with Crippen LogP contribution in [0.3, 0.4) is 0 Å². The molecule has 0 unspecified atom stereocenters. The summed E-state index contributed by atoms with van der Waals surface area (Å²) >= 11 is 12.0. The molecule has 146 valence electrons. The first kappa shape index (κ1) is 21.4. The fourth-order valence-electron chi connectivity index (χ4n) is 3.07. The van der Waals surface area contributed by atoms with E-state index in [4.69, 9.17) is 37.2 Å². The highest BCUT2D eigenvalue weighted by Gasteiger charge is 2.40. The maximum Gasteiger partial charge on any atom is 0.215 e. The molecule has 2 heterocycles. The molecule has 2 rings (SSSR count). The van der Waals surface area contributed by atoms with Crippen LogP contribution < -0.4 is 0 Å². The molecule has 1 saturated heterocycles. The molecule has 1 aliphatic heterocycles. The van der Waals surface area contributed by atoms with E-state index in [1.54, 1.807) is 13.2 Å². The van der Waals surface area contributed by atoms with Crippen molar-refractivity contribution in [1.82, 2.24) is 5.16 Å². The molecule has 0 aliphatic carbocycles. The fraction of sp³-hybridized carbons (Fsp3) is 0.684. The topological polar surface area (TPSA) is 56.9 Å². The molecule has 26 heavy (non-hydrogen) atoms. The van der Waals surface area contributed by atoms with Gasteiger partial charge < -0.3 is 14.0 Å². The van der Waals surface area contributed by atoms with Crippen LogP contribution in [-0.2, 0) is 15.3 Å². The molecule has 1 aromatic heterocycles. The van der Waals surface area contributed by atoms with Crippen molar-refractivity contribution < 1.29 is 14.0 Å². The average molecular weight is 403 g/mol. The lowest BCUT2D eigenvalue weighted by Crippen LogP contribution is -2.27. The van der Waals surface area contributed by atoms with Crippen LogP contribution in [0.25, 0.3) is 0 Å². The van der Waals surface area contributed by atoms with Gasteiger partial charge in [-0.25, -0.2) is 4.99 Å². The lowest BCUT2D eigenvalue weighted by Gasteiger charge is -2.24. The van der Waals surface area contributed by atoms with Crippen LogP contribution in [0.2, 0.25) is 0 Å². The van der Waals surface area contributed by atoms with Crippen LogP contribution in [0.15, 0.2) is 32.0 Å². The number of ether oxygens (including phenoxy) is 2. The van der Waals surface area contributed by atoms with Gasteiger partial charge in [0.15, 0.2) is 0 Å². The van der Waals surface area contributed by atoms with Crippen molar-refractivity contribution in [3.05, 3.63) is 28.2 Å². The number of hydrogen-bond donors (Lipinski definition) is 0. The summed E-state index contributed by atoms with van der Waals surface area (Å²) < 4.78 is 16.6. The number of nitrogens with zero attached hydrogens (tertiary/aromatic N) is 2. The molecule has 5 nitrogen and oxygen atoms in total. The smallest absolute Gasteiger partial charge is 0.215 e. The van der Waals surface area contributed by atoms with Gasteiger partial charge >= 0.3 is 0 Å². The largest absolute Gasteiger partial charge is 0.364 e. The first-order chi connectivity index (χ1) is 12.6. The third-order valence-electron chi connectivity index (χ3n) is 4.38. The van der Waals surface area contributed by atoms with Crippen LogP contribution in [0.1, 0.15) is 70.9 Å². The summed E-state index contributed by atoms with van der Waals surface area (Å²) in [5.74, 6) is -0.724. The second kappa shape index (κ2) is 11.1. The minimum atomic E-state index is -0.724. The zero-order valence-corrected chi connectivity index (χ0v) is 17.1. The molecule has 0 saturated carbocycles. The Morgan fingerprint density at radius 1 is 1.15 bits per heavy atom. The van der Waals surface area contributed by atoms with Crippen molar-refractivity contribution in [2.45, 2.75) is 71.0 Å². The molecule has 1 aliphatic rings. The quantitative estimate of drug-likeness (QED) is 0.254. The van der Waals surface area contributed by atoms with Crippen LogP contribution in [0.4, 0.5) is 0 Å². The Hall–Kier alpha value is -0.880. The van der Waals surface area contributed by atoms with Crippen LogP contribution in [0.5, 0.6) is 0 Å². The summed E-state index contributed by atoms with van der Waals surface area (Å²) in [4.78, 5) is 4.46. The number of halogens is 2. The molecular weight excluding hydrogens is 375 g/mol. The molecule has 0 spiro atoms. The highest BCUT2D eigenvalue weighted by atomic mass is 35.5. The zero-order valence-electron chi connectivity index (χ0n) is 15.6. The van der Waals surface area contributed by atoms with Crippen molar-refractivity contribution in [2.24, 2.45) is 4.99 Å². The van der Waals surface area contributed by atoms with E-state index in [9.17, 15) is 0 Å². The monoisotopic (exact) mass is 402 g/mol. The van der Waals surface area contributed by atoms with E-state index in [-0.39, 0.29) is 0 Å². The molecule has 7 heteroatoms. The molecule has 0 aromatic carbocycles. The minimum absolute atomic E-state index is 0.403. The van der Waals surface area contributed by atoms with Crippen molar-refractivity contribution in [3.8, 4) is 0 Å². The van der Waals surface area contributed by atoms with Gasteiger partial charge in [0, 0.05) is 18.2 Å². The van der Waals surface area contributed by atoms with Crippen LogP contribution in [0, 0.1) is 0 Å². The Kier molecular flexibility index (Phi) is 9.12. The van der Waals surface area contributed by atoms with Gasteiger partial charge in [0.2, 0.25) is 5.79 Å². The molecule has 1 aromatic rings. The number of allylic oxidation sites excluding steroid dienone is 1. The number of unbranched alkanes of at least 4 members (excludes halogenated alkanes) is 3. The summed E-state index contributed by atoms with van der Waals surface area (Å²) in [5, 5.41) is 4.94. The average Bonchev–Trinajstić information content (AvgIpc) is 3.30. The number of aromatic nitrogens is 1. The van der Waals surface area contributed by atoms with Gasteiger partial charge in [-0.1, -0.05) is 54.5 Å². The first-order valence-corrected chi connectivity index (χ1v) is 10.1. The van der Waals surface area contributed by atoms with E-state index >= 15 is 0 Å². The maximum atomic E-state index is 6.06.